The Kier molecular flexibility index (Phi) is 3.81. The molecule has 1 heterocycles. The summed E-state index contributed by atoms with van der Waals surface area (Å²) in [5.41, 5.74) is 2.95. The molecule has 0 atom stereocenters. The van der Waals surface area contributed by atoms with Crippen molar-refractivity contribution in [1.29, 1.82) is 0 Å². The maximum atomic E-state index is 4.31. The van der Waals surface area contributed by atoms with Gasteiger partial charge < -0.3 is 4.57 Å². The van der Waals surface area contributed by atoms with E-state index in [0.717, 1.165) is 10.9 Å². The van der Waals surface area contributed by atoms with Crippen LogP contribution in [-0.4, -0.2) is 9.55 Å². The Labute approximate surface area is 113 Å². The molecule has 0 bridgehead atoms. The van der Waals surface area contributed by atoms with Crippen molar-refractivity contribution in [2.75, 3.05) is 0 Å². The molecule has 0 radical (unpaired) electrons. The molecule has 1 aromatic heterocycles. The van der Waals surface area contributed by atoms with Crippen LogP contribution in [0.5, 0.6) is 0 Å². The van der Waals surface area contributed by atoms with Crippen molar-refractivity contribution in [3.8, 4) is 0 Å². The van der Waals surface area contributed by atoms with Gasteiger partial charge in [-0.15, -0.1) is 0 Å². The molecule has 0 aliphatic heterocycles. The quantitative estimate of drug-likeness (QED) is 0.776. The normalized spacial score (nSPS) is 11.8. The van der Waals surface area contributed by atoms with Crippen LogP contribution < -0.4 is 0 Å². The first kappa shape index (κ1) is 13.2. The Hall–Kier alpha value is -1.22. The van der Waals surface area contributed by atoms with E-state index in [2.05, 4.69) is 50.0 Å². The number of benzene rings is 1. The van der Waals surface area contributed by atoms with E-state index in [-0.39, 0.29) is 5.41 Å². The number of thioether (sulfide) groups is 1. The molecule has 0 saturated carbocycles. The van der Waals surface area contributed by atoms with E-state index in [1.807, 2.05) is 24.0 Å². The third kappa shape index (κ3) is 3.16. The lowest BCUT2D eigenvalue weighted by Crippen LogP contribution is -2.10. The van der Waals surface area contributed by atoms with Crippen LogP contribution >= 0.6 is 11.8 Å². The molecule has 0 saturated heterocycles. The summed E-state index contributed by atoms with van der Waals surface area (Å²) in [4.78, 5) is 4.31. The lowest BCUT2D eigenvalue weighted by atomic mass is 9.87. The van der Waals surface area contributed by atoms with E-state index in [1.165, 1.54) is 11.1 Å². The second kappa shape index (κ2) is 5.19. The number of nitrogens with zero attached hydrogens (tertiary/aromatic N) is 2. The molecule has 0 aliphatic rings. The van der Waals surface area contributed by atoms with E-state index in [1.54, 1.807) is 11.8 Å². The Balaban J connectivity index is 2.01. The highest BCUT2D eigenvalue weighted by Crippen LogP contribution is 2.25. The predicted molar refractivity (Wildman–Crippen MR) is 77.9 cm³/mol. The number of hydrogen-bond donors (Lipinski definition) is 0. The Bertz CT molecular complexity index is 506. The van der Waals surface area contributed by atoms with Crippen LogP contribution in [-0.2, 0) is 18.2 Å². The summed E-state index contributed by atoms with van der Waals surface area (Å²) in [5.74, 6) is 0.968. The minimum atomic E-state index is 0.228. The Morgan fingerprint density at radius 1 is 1.17 bits per heavy atom. The fraction of sp³-hybridized carbons (Fsp3) is 0.400. The van der Waals surface area contributed by atoms with Gasteiger partial charge in [-0.05, 0) is 16.5 Å². The molecule has 0 N–H and O–H groups in total. The molecule has 18 heavy (non-hydrogen) atoms. The number of aromatic nitrogens is 2. The SMILES string of the molecule is Cn1ccnc1SCc1ccc(C(C)(C)C)cc1. The Morgan fingerprint density at radius 3 is 2.33 bits per heavy atom. The van der Waals surface area contributed by atoms with Gasteiger partial charge in [0, 0.05) is 25.2 Å². The molecule has 0 fully saturated rings. The molecule has 1 aromatic carbocycles. The molecule has 96 valence electrons. The molecular formula is C15H20N2S. The maximum absolute atomic E-state index is 4.31. The van der Waals surface area contributed by atoms with Crippen LogP contribution in [0, 0.1) is 0 Å². The first-order valence-electron chi connectivity index (χ1n) is 6.16. The zero-order valence-corrected chi connectivity index (χ0v) is 12.3. The molecule has 0 unspecified atom stereocenters. The van der Waals surface area contributed by atoms with Crippen molar-refractivity contribution in [2.45, 2.75) is 37.1 Å². The van der Waals surface area contributed by atoms with Crippen LogP contribution in [0.1, 0.15) is 31.9 Å². The number of aryl methyl sites for hydroxylation is 1. The standard InChI is InChI=1S/C15H20N2S/c1-15(2,3)13-7-5-12(6-8-13)11-18-14-16-9-10-17(14)4/h5-10H,11H2,1-4H3. The highest BCUT2D eigenvalue weighted by Gasteiger charge is 2.12. The number of rotatable bonds is 3. The molecule has 0 amide bonds. The molecule has 2 aromatic rings. The van der Waals surface area contributed by atoms with Gasteiger partial charge in [-0.3, -0.25) is 0 Å². The number of imidazole rings is 1. The van der Waals surface area contributed by atoms with Gasteiger partial charge in [-0.1, -0.05) is 56.8 Å². The van der Waals surface area contributed by atoms with Gasteiger partial charge in [0.15, 0.2) is 5.16 Å². The lowest BCUT2D eigenvalue weighted by Gasteiger charge is -2.19. The first-order valence-corrected chi connectivity index (χ1v) is 7.15. The largest absolute Gasteiger partial charge is 0.329 e. The highest BCUT2D eigenvalue weighted by atomic mass is 32.2. The second-order valence-electron chi connectivity index (χ2n) is 5.56. The van der Waals surface area contributed by atoms with Crippen LogP contribution in [0.25, 0.3) is 0 Å². The second-order valence-corrected chi connectivity index (χ2v) is 6.50. The average Bonchev–Trinajstić information content (AvgIpc) is 2.72. The van der Waals surface area contributed by atoms with E-state index >= 15 is 0 Å². The van der Waals surface area contributed by atoms with Gasteiger partial charge in [0.05, 0.1) is 0 Å². The third-order valence-electron chi connectivity index (χ3n) is 2.96. The van der Waals surface area contributed by atoms with Gasteiger partial charge in [-0.25, -0.2) is 4.98 Å². The fourth-order valence-electron chi connectivity index (χ4n) is 1.74. The summed E-state index contributed by atoms with van der Waals surface area (Å²) in [6.07, 6.45) is 3.82. The molecule has 2 nitrogen and oxygen atoms in total. The summed E-state index contributed by atoms with van der Waals surface area (Å²) < 4.78 is 2.05. The van der Waals surface area contributed by atoms with Gasteiger partial charge in [0.2, 0.25) is 0 Å². The Morgan fingerprint density at radius 2 is 1.83 bits per heavy atom. The van der Waals surface area contributed by atoms with Crippen molar-refractivity contribution in [3.63, 3.8) is 0 Å². The van der Waals surface area contributed by atoms with Crippen LogP contribution in [0.15, 0.2) is 41.8 Å². The first-order chi connectivity index (χ1) is 8.47. The third-order valence-corrected chi connectivity index (χ3v) is 4.09. The molecular weight excluding hydrogens is 240 g/mol. The van der Waals surface area contributed by atoms with E-state index in [4.69, 9.17) is 0 Å². The van der Waals surface area contributed by atoms with Crippen LogP contribution in [0.2, 0.25) is 0 Å². The molecule has 2 rings (SSSR count). The molecule has 0 spiro atoms. The van der Waals surface area contributed by atoms with Gasteiger partial charge in [0.25, 0.3) is 0 Å². The monoisotopic (exact) mass is 260 g/mol. The van der Waals surface area contributed by atoms with E-state index < -0.39 is 0 Å². The van der Waals surface area contributed by atoms with Crippen molar-refractivity contribution in [1.82, 2.24) is 9.55 Å². The van der Waals surface area contributed by atoms with Gasteiger partial charge in [0.1, 0.15) is 0 Å². The minimum absolute atomic E-state index is 0.228. The van der Waals surface area contributed by atoms with E-state index in [9.17, 15) is 0 Å². The predicted octanol–water partition coefficient (Wildman–Crippen LogP) is 4.01. The maximum Gasteiger partial charge on any atom is 0.167 e. The average molecular weight is 260 g/mol. The summed E-state index contributed by atoms with van der Waals surface area (Å²) in [6, 6.07) is 8.90. The van der Waals surface area contributed by atoms with Crippen LogP contribution in [0.3, 0.4) is 0 Å². The van der Waals surface area contributed by atoms with E-state index in [0.29, 0.717) is 0 Å². The van der Waals surface area contributed by atoms with Crippen molar-refractivity contribution in [3.05, 3.63) is 47.8 Å². The van der Waals surface area contributed by atoms with Crippen LogP contribution in [0.4, 0.5) is 0 Å². The smallest absolute Gasteiger partial charge is 0.167 e. The van der Waals surface area contributed by atoms with Gasteiger partial charge >= 0.3 is 0 Å². The highest BCUT2D eigenvalue weighted by molar-refractivity contribution is 7.98. The van der Waals surface area contributed by atoms with Crippen molar-refractivity contribution >= 4 is 11.8 Å². The molecule has 3 heteroatoms. The lowest BCUT2D eigenvalue weighted by molar-refractivity contribution is 0.590. The minimum Gasteiger partial charge on any atom is -0.329 e. The van der Waals surface area contributed by atoms with Crippen molar-refractivity contribution in [2.24, 2.45) is 7.05 Å². The fourth-order valence-corrected chi connectivity index (χ4v) is 2.63. The summed E-state index contributed by atoms with van der Waals surface area (Å²) in [7, 11) is 2.03. The van der Waals surface area contributed by atoms with Gasteiger partial charge in [-0.2, -0.15) is 0 Å². The number of hydrogen-bond acceptors (Lipinski definition) is 2. The summed E-state index contributed by atoms with van der Waals surface area (Å²) in [5, 5.41) is 1.06. The summed E-state index contributed by atoms with van der Waals surface area (Å²) >= 11 is 1.77. The van der Waals surface area contributed by atoms with Crippen molar-refractivity contribution < 1.29 is 0 Å². The molecule has 0 aliphatic carbocycles. The summed E-state index contributed by atoms with van der Waals surface area (Å²) in [6.45, 7) is 6.72. The zero-order valence-electron chi connectivity index (χ0n) is 11.5. The topological polar surface area (TPSA) is 17.8 Å². The zero-order chi connectivity index (χ0) is 13.2.